The summed E-state index contributed by atoms with van der Waals surface area (Å²) in [5.74, 6) is 1.18. The fourth-order valence-electron chi connectivity index (χ4n) is 4.99. The number of fused-ring (bicyclic) bond motifs is 1. The molecule has 0 bridgehead atoms. The molecule has 2 aliphatic heterocycles. The van der Waals surface area contributed by atoms with Gasteiger partial charge in [-0.05, 0) is 38.1 Å². The van der Waals surface area contributed by atoms with Gasteiger partial charge in [-0.25, -0.2) is 4.98 Å². The van der Waals surface area contributed by atoms with Crippen LogP contribution in [0.1, 0.15) is 25.0 Å². The maximum atomic E-state index is 12.7. The zero-order valence-corrected chi connectivity index (χ0v) is 16.9. The van der Waals surface area contributed by atoms with Crippen LogP contribution >= 0.6 is 11.3 Å². The van der Waals surface area contributed by atoms with Gasteiger partial charge < -0.3 is 20.6 Å². The Morgan fingerprint density at radius 1 is 1.26 bits per heavy atom. The summed E-state index contributed by atoms with van der Waals surface area (Å²) in [4.78, 5) is 23.7. The van der Waals surface area contributed by atoms with E-state index >= 15 is 0 Å². The van der Waals surface area contributed by atoms with E-state index in [0.717, 1.165) is 57.8 Å². The Kier molecular flexibility index (Phi) is 5.68. The quantitative estimate of drug-likeness (QED) is 0.775. The molecule has 150 valence electrons. The standard InChI is InChI=1S/C19H31N5O2S/c1-22-4-6-23(7-5-22)16-8-13-10-24(11-14(13)9-17(16)25)18(26)3-2-15-12-27-19(20)21-15/h12-14,16-17,25H,2-11H2,1H3,(H2,20,21)/t13-,14+,16-,17-/m1/s1. The number of nitrogen functional groups attached to an aromatic ring is 1. The van der Waals surface area contributed by atoms with Crippen LogP contribution in [0.25, 0.3) is 0 Å². The van der Waals surface area contributed by atoms with E-state index in [1.54, 1.807) is 0 Å². The topological polar surface area (TPSA) is 85.9 Å². The maximum absolute atomic E-state index is 12.7. The van der Waals surface area contributed by atoms with Crippen molar-refractivity contribution in [1.29, 1.82) is 0 Å². The lowest BCUT2D eigenvalue weighted by Gasteiger charge is -2.44. The second-order valence-electron chi connectivity index (χ2n) is 8.44. The highest BCUT2D eigenvalue weighted by atomic mass is 32.1. The number of hydrogen-bond donors (Lipinski definition) is 2. The van der Waals surface area contributed by atoms with Crippen LogP contribution in [-0.4, -0.2) is 89.2 Å². The number of aryl methyl sites for hydroxylation is 1. The minimum absolute atomic E-state index is 0.210. The number of carbonyl (C=O) groups excluding carboxylic acids is 1. The maximum Gasteiger partial charge on any atom is 0.222 e. The lowest BCUT2D eigenvalue weighted by molar-refractivity contribution is -0.130. The average molecular weight is 394 g/mol. The number of amides is 1. The third kappa shape index (κ3) is 4.29. The van der Waals surface area contributed by atoms with Gasteiger partial charge in [-0.15, -0.1) is 11.3 Å². The molecule has 4 atom stereocenters. The zero-order chi connectivity index (χ0) is 19.0. The van der Waals surface area contributed by atoms with E-state index in [2.05, 4.69) is 21.8 Å². The second kappa shape index (κ2) is 8.03. The molecule has 1 amide bonds. The molecule has 0 radical (unpaired) electrons. The Hall–Kier alpha value is -1.22. The van der Waals surface area contributed by atoms with Crippen LogP contribution in [0, 0.1) is 11.8 Å². The fraction of sp³-hybridized carbons (Fsp3) is 0.789. The Bertz CT molecular complexity index is 660. The van der Waals surface area contributed by atoms with E-state index in [4.69, 9.17) is 5.73 Å². The van der Waals surface area contributed by atoms with E-state index in [0.29, 0.717) is 29.8 Å². The Morgan fingerprint density at radius 2 is 1.96 bits per heavy atom. The van der Waals surface area contributed by atoms with Gasteiger partial charge in [-0.1, -0.05) is 0 Å². The summed E-state index contributed by atoms with van der Waals surface area (Å²) < 4.78 is 0. The highest BCUT2D eigenvalue weighted by Crippen LogP contribution is 2.38. The number of nitrogens with two attached hydrogens (primary N) is 1. The van der Waals surface area contributed by atoms with Crippen LogP contribution < -0.4 is 5.73 Å². The van der Waals surface area contributed by atoms with Crippen LogP contribution in [0.4, 0.5) is 5.13 Å². The number of likely N-dealkylation sites (N-methyl/N-ethyl adjacent to an activating group) is 1. The number of rotatable bonds is 4. The van der Waals surface area contributed by atoms with Crippen molar-refractivity contribution < 1.29 is 9.90 Å². The molecule has 1 aromatic heterocycles. The number of thiazole rings is 1. The molecule has 27 heavy (non-hydrogen) atoms. The molecule has 4 rings (SSSR count). The predicted molar refractivity (Wildman–Crippen MR) is 107 cm³/mol. The van der Waals surface area contributed by atoms with Crippen molar-refractivity contribution in [3.8, 4) is 0 Å². The van der Waals surface area contributed by atoms with Crippen molar-refractivity contribution >= 4 is 22.4 Å². The monoisotopic (exact) mass is 393 g/mol. The first-order valence-corrected chi connectivity index (χ1v) is 11.0. The number of carbonyl (C=O) groups is 1. The van der Waals surface area contributed by atoms with Crippen molar-refractivity contribution in [2.75, 3.05) is 52.0 Å². The van der Waals surface area contributed by atoms with Crippen molar-refractivity contribution in [2.45, 2.75) is 37.8 Å². The fourth-order valence-corrected chi connectivity index (χ4v) is 5.58. The van der Waals surface area contributed by atoms with Gasteiger partial charge in [0, 0.05) is 57.1 Å². The first-order valence-electron chi connectivity index (χ1n) is 10.1. The largest absolute Gasteiger partial charge is 0.391 e. The number of piperazine rings is 1. The summed E-state index contributed by atoms with van der Waals surface area (Å²) in [6.07, 6.45) is 2.73. The molecule has 3 N–H and O–H groups in total. The third-order valence-electron chi connectivity index (χ3n) is 6.63. The normalized spacial score (nSPS) is 32.6. The van der Waals surface area contributed by atoms with Crippen LogP contribution in [0.2, 0.25) is 0 Å². The predicted octanol–water partition coefficient (Wildman–Crippen LogP) is 0.503. The SMILES string of the molecule is CN1CCN([C@@H]2C[C@@H]3CN(C(=O)CCc4csc(N)n4)C[C@@H]3C[C@H]2O)CC1. The number of nitrogens with zero attached hydrogens (tertiary/aromatic N) is 4. The average Bonchev–Trinajstić information content (AvgIpc) is 3.25. The summed E-state index contributed by atoms with van der Waals surface area (Å²) in [6, 6.07) is 0.257. The van der Waals surface area contributed by atoms with Crippen molar-refractivity contribution in [1.82, 2.24) is 19.7 Å². The van der Waals surface area contributed by atoms with E-state index in [1.807, 2.05) is 10.3 Å². The number of aromatic nitrogens is 1. The summed E-state index contributed by atoms with van der Waals surface area (Å²) in [6.45, 7) is 5.87. The highest BCUT2D eigenvalue weighted by molar-refractivity contribution is 7.13. The summed E-state index contributed by atoms with van der Waals surface area (Å²) in [7, 11) is 2.16. The van der Waals surface area contributed by atoms with Gasteiger partial charge in [0.25, 0.3) is 0 Å². The minimum atomic E-state index is -0.261. The van der Waals surface area contributed by atoms with E-state index in [1.165, 1.54) is 11.3 Å². The van der Waals surface area contributed by atoms with Crippen molar-refractivity contribution in [2.24, 2.45) is 11.8 Å². The summed E-state index contributed by atoms with van der Waals surface area (Å²) in [5, 5.41) is 13.2. The minimum Gasteiger partial charge on any atom is -0.391 e. The van der Waals surface area contributed by atoms with Crippen molar-refractivity contribution in [3.63, 3.8) is 0 Å². The van der Waals surface area contributed by atoms with E-state index in [-0.39, 0.29) is 18.1 Å². The number of hydrogen-bond acceptors (Lipinski definition) is 7. The van der Waals surface area contributed by atoms with Crippen molar-refractivity contribution in [3.05, 3.63) is 11.1 Å². The Balaban J connectivity index is 1.30. The summed E-state index contributed by atoms with van der Waals surface area (Å²) >= 11 is 1.42. The molecule has 1 aromatic rings. The van der Waals surface area contributed by atoms with Gasteiger partial charge >= 0.3 is 0 Å². The molecule has 3 fully saturated rings. The molecule has 0 spiro atoms. The Labute approximate surface area is 165 Å². The first kappa shape index (κ1) is 19.1. The first-order chi connectivity index (χ1) is 13.0. The molecule has 8 heteroatoms. The van der Waals surface area contributed by atoms with Crippen LogP contribution in [0.15, 0.2) is 5.38 Å². The molecule has 3 aliphatic rings. The number of likely N-dealkylation sites (tertiary alicyclic amines) is 1. The molecule has 1 aliphatic carbocycles. The smallest absolute Gasteiger partial charge is 0.222 e. The van der Waals surface area contributed by atoms with Gasteiger partial charge in [-0.2, -0.15) is 0 Å². The molecule has 2 saturated heterocycles. The molecule has 0 unspecified atom stereocenters. The van der Waals surface area contributed by atoms with Gasteiger partial charge in [0.15, 0.2) is 5.13 Å². The van der Waals surface area contributed by atoms with Crippen LogP contribution in [-0.2, 0) is 11.2 Å². The van der Waals surface area contributed by atoms with Crippen LogP contribution in [0.5, 0.6) is 0 Å². The zero-order valence-electron chi connectivity index (χ0n) is 16.1. The molecular weight excluding hydrogens is 362 g/mol. The van der Waals surface area contributed by atoms with E-state index in [9.17, 15) is 9.90 Å². The molecule has 0 aromatic carbocycles. The number of anilines is 1. The molecular formula is C19H31N5O2S. The number of aliphatic hydroxyl groups excluding tert-OH is 1. The van der Waals surface area contributed by atoms with Gasteiger partial charge in [0.1, 0.15) is 0 Å². The van der Waals surface area contributed by atoms with Gasteiger partial charge in [0.05, 0.1) is 11.8 Å². The number of aliphatic hydroxyl groups is 1. The third-order valence-corrected chi connectivity index (χ3v) is 7.36. The Morgan fingerprint density at radius 3 is 2.63 bits per heavy atom. The van der Waals surface area contributed by atoms with Gasteiger partial charge in [0.2, 0.25) is 5.91 Å². The summed E-state index contributed by atoms with van der Waals surface area (Å²) in [5.41, 5.74) is 6.57. The lowest BCUT2D eigenvalue weighted by Crippen LogP contribution is -2.55. The molecule has 3 heterocycles. The second-order valence-corrected chi connectivity index (χ2v) is 9.33. The van der Waals surface area contributed by atoms with E-state index < -0.39 is 0 Å². The molecule has 7 nitrogen and oxygen atoms in total. The lowest BCUT2D eigenvalue weighted by atomic mass is 9.77. The molecule has 1 saturated carbocycles. The van der Waals surface area contributed by atoms with Gasteiger partial charge in [-0.3, -0.25) is 9.69 Å². The van der Waals surface area contributed by atoms with Crippen LogP contribution in [0.3, 0.4) is 0 Å². The highest BCUT2D eigenvalue weighted by Gasteiger charge is 2.44.